The highest BCUT2D eigenvalue weighted by Gasteiger charge is 2.33. The second kappa shape index (κ2) is 7.95. The molecule has 2 rings (SSSR count). The Hall–Kier alpha value is -0.370. The van der Waals surface area contributed by atoms with Gasteiger partial charge in [0.2, 0.25) is 0 Å². The summed E-state index contributed by atoms with van der Waals surface area (Å²) in [5.74, 6) is 2.66. The largest absolute Gasteiger partial charge is 0.492 e. The SMILES string of the molecule is COc1c(OC)c(N(C)C)c2c(c1SSC)C(OC)SCC2. The lowest BCUT2D eigenvalue weighted by Crippen LogP contribution is -2.20. The van der Waals surface area contributed by atoms with Gasteiger partial charge < -0.3 is 19.1 Å². The van der Waals surface area contributed by atoms with Gasteiger partial charge in [0.15, 0.2) is 11.5 Å². The molecule has 4 nitrogen and oxygen atoms in total. The van der Waals surface area contributed by atoms with Gasteiger partial charge in [0.1, 0.15) is 5.44 Å². The highest BCUT2D eigenvalue weighted by atomic mass is 33.1. The van der Waals surface area contributed by atoms with Crippen LogP contribution < -0.4 is 14.4 Å². The number of ether oxygens (including phenoxy) is 3. The molecule has 0 aliphatic carbocycles. The van der Waals surface area contributed by atoms with E-state index in [4.69, 9.17) is 14.2 Å². The van der Waals surface area contributed by atoms with E-state index in [2.05, 4.69) is 11.2 Å². The van der Waals surface area contributed by atoms with E-state index in [-0.39, 0.29) is 5.44 Å². The van der Waals surface area contributed by atoms with Crippen molar-refractivity contribution in [2.75, 3.05) is 52.3 Å². The van der Waals surface area contributed by atoms with E-state index in [9.17, 15) is 0 Å². The summed E-state index contributed by atoms with van der Waals surface area (Å²) in [6, 6.07) is 0. The van der Waals surface area contributed by atoms with Crippen LogP contribution in [0.4, 0.5) is 5.69 Å². The van der Waals surface area contributed by atoms with E-state index in [0.29, 0.717) is 0 Å². The molecule has 1 aromatic rings. The van der Waals surface area contributed by atoms with Gasteiger partial charge in [-0.25, -0.2) is 0 Å². The Balaban J connectivity index is 2.82. The predicted octanol–water partition coefficient (Wildman–Crippen LogP) is 4.07. The number of benzene rings is 1. The third-order valence-corrected chi connectivity index (χ3v) is 6.49. The molecule has 1 unspecified atom stereocenters. The number of thioether (sulfide) groups is 1. The molecule has 0 bridgehead atoms. The van der Waals surface area contributed by atoms with Crippen LogP contribution in [0.1, 0.15) is 16.6 Å². The Morgan fingerprint density at radius 1 is 1.14 bits per heavy atom. The molecule has 1 atom stereocenters. The first-order valence-electron chi connectivity index (χ1n) is 6.93. The number of methoxy groups -OCH3 is 3. The molecule has 0 fully saturated rings. The maximum atomic E-state index is 5.74. The molecular weight excluding hydrogens is 338 g/mol. The lowest BCUT2D eigenvalue weighted by atomic mass is 10.00. The van der Waals surface area contributed by atoms with E-state index in [1.54, 1.807) is 42.9 Å². The highest BCUT2D eigenvalue weighted by Crippen LogP contribution is 2.56. The molecule has 1 aliphatic rings. The normalized spacial score (nSPS) is 17.1. The minimum Gasteiger partial charge on any atom is -0.492 e. The van der Waals surface area contributed by atoms with Crippen molar-refractivity contribution >= 4 is 39.0 Å². The van der Waals surface area contributed by atoms with Gasteiger partial charge >= 0.3 is 0 Å². The van der Waals surface area contributed by atoms with Crippen LogP contribution in [-0.4, -0.2) is 47.4 Å². The third-order valence-electron chi connectivity index (χ3n) is 3.58. The second-order valence-electron chi connectivity index (χ2n) is 4.97. The lowest BCUT2D eigenvalue weighted by Gasteiger charge is -2.32. The van der Waals surface area contributed by atoms with Gasteiger partial charge in [-0.05, 0) is 18.2 Å². The molecule has 0 saturated carbocycles. The fourth-order valence-electron chi connectivity index (χ4n) is 2.79. The number of rotatable bonds is 6. The molecular formula is C15H23NO3S3. The van der Waals surface area contributed by atoms with Crippen LogP contribution in [0.15, 0.2) is 4.90 Å². The Morgan fingerprint density at radius 2 is 1.82 bits per heavy atom. The van der Waals surface area contributed by atoms with Gasteiger partial charge in [0, 0.05) is 32.5 Å². The monoisotopic (exact) mass is 361 g/mol. The maximum Gasteiger partial charge on any atom is 0.185 e. The Kier molecular flexibility index (Phi) is 6.49. The Bertz CT molecular complexity index is 537. The number of fused-ring (bicyclic) bond motifs is 1. The summed E-state index contributed by atoms with van der Waals surface area (Å²) < 4.78 is 17.2. The molecule has 1 heterocycles. The molecule has 1 aromatic carbocycles. The van der Waals surface area contributed by atoms with Crippen molar-refractivity contribution < 1.29 is 14.2 Å². The number of hydrogen-bond acceptors (Lipinski definition) is 7. The standard InChI is InChI=1S/C15H23NO3S3/c1-16(2)11-9-7-8-21-15(19-5)10(9)14(22-20-6)13(18-4)12(11)17-3/h15H,7-8H2,1-6H3. The number of anilines is 1. The molecule has 0 amide bonds. The van der Waals surface area contributed by atoms with Gasteiger partial charge in [-0.15, -0.1) is 11.8 Å². The second-order valence-corrected chi connectivity index (χ2v) is 8.55. The first kappa shape index (κ1) is 18.0. The van der Waals surface area contributed by atoms with Crippen molar-refractivity contribution in [2.24, 2.45) is 0 Å². The summed E-state index contributed by atoms with van der Waals surface area (Å²) in [6.45, 7) is 0. The molecule has 0 aromatic heterocycles. The molecule has 7 heteroatoms. The zero-order valence-electron chi connectivity index (χ0n) is 13.9. The van der Waals surface area contributed by atoms with E-state index in [1.807, 2.05) is 25.9 Å². The van der Waals surface area contributed by atoms with E-state index in [0.717, 1.165) is 34.3 Å². The minimum absolute atomic E-state index is 0.0388. The molecule has 0 N–H and O–H groups in total. The first-order chi connectivity index (χ1) is 10.6. The predicted molar refractivity (Wildman–Crippen MR) is 99.2 cm³/mol. The van der Waals surface area contributed by atoms with Crippen molar-refractivity contribution in [3.63, 3.8) is 0 Å². The molecule has 0 saturated heterocycles. The van der Waals surface area contributed by atoms with Crippen molar-refractivity contribution in [2.45, 2.75) is 16.8 Å². The summed E-state index contributed by atoms with van der Waals surface area (Å²) in [5, 5.41) is 0. The number of hydrogen-bond donors (Lipinski definition) is 0. The van der Waals surface area contributed by atoms with Gasteiger partial charge in [0.25, 0.3) is 0 Å². The number of nitrogens with zero attached hydrogens (tertiary/aromatic N) is 1. The third kappa shape index (κ3) is 3.13. The summed E-state index contributed by atoms with van der Waals surface area (Å²) in [6.07, 6.45) is 3.08. The van der Waals surface area contributed by atoms with E-state index in [1.165, 1.54) is 11.1 Å². The molecule has 124 valence electrons. The quantitative estimate of drug-likeness (QED) is 0.706. The smallest absolute Gasteiger partial charge is 0.185 e. The van der Waals surface area contributed by atoms with Gasteiger partial charge in [-0.2, -0.15) is 0 Å². The van der Waals surface area contributed by atoms with Crippen LogP contribution in [0.25, 0.3) is 0 Å². The summed E-state index contributed by atoms with van der Waals surface area (Å²) in [7, 11) is 12.7. The van der Waals surface area contributed by atoms with Crippen molar-refractivity contribution in [1.82, 2.24) is 0 Å². The zero-order chi connectivity index (χ0) is 16.3. The van der Waals surface area contributed by atoms with Crippen LogP contribution in [0, 0.1) is 0 Å². The van der Waals surface area contributed by atoms with Crippen LogP contribution >= 0.6 is 33.3 Å². The van der Waals surface area contributed by atoms with Crippen molar-refractivity contribution in [3.05, 3.63) is 11.1 Å². The van der Waals surface area contributed by atoms with Gasteiger partial charge in [0.05, 0.1) is 24.8 Å². The molecule has 0 radical (unpaired) electrons. The fraction of sp³-hybridized carbons (Fsp3) is 0.600. The first-order valence-corrected chi connectivity index (χ1v) is 10.5. The Labute approximate surface area is 145 Å². The van der Waals surface area contributed by atoms with Crippen molar-refractivity contribution in [1.29, 1.82) is 0 Å². The summed E-state index contributed by atoms with van der Waals surface area (Å²) >= 11 is 1.84. The average molecular weight is 362 g/mol. The fourth-order valence-corrected chi connectivity index (χ4v) is 5.70. The van der Waals surface area contributed by atoms with Gasteiger partial charge in [-0.3, -0.25) is 0 Å². The topological polar surface area (TPSA) is 30.9 Å². The molecule has 22 heavy (non-hydrogen) atoms. The van der Waals surface area contributed by atoms with Crippen LogP contribution in [0.2, 0.25) is 0 Å². The van der Waals surface area contributed by atoms with Crippen molar-refractivity contribution in [3.8, 4) is 11.5 Å². The molecule has 0 spiro atoms. The maximum absolute atomic E-state index is 5.74. The van der Waals surface area contributed by atoms with Crippen LogP contribution in [0.3, 0.4) is 0 Å². The Morgan fingerprint density at radius 3 is 2.32 bits per heavy atom. The van der Waals surface area contributed by atoms with E-state index >= 15 is 0 Å². The highest BCUT2D eigenvalue weighted by molar-refractivity contribution is 8.76. The van der Waals surface area contributed by atoms with Gasteiger partial charge in [-0.1, -0.05) is 21.6 Å². The average Bonchev–Trinajstić information content (AvgIpc) is 2.53. The molecule has 1 aliphatic heterocycles. The van der Waals surface area contributed by atoms with Crippen LogP contribution in [0.5, 0.6) is 11.5 Å². The zero-order valence-corrected chi connectivity index (χ0v) is 16.3. The lowest BCUT2D eigenvalue weighted by molar-refractivity contribution is 0.171. The minimum atomic E-state index is 0.0388. The summed E-state index contributed by atoms with van der Waals surface area (Å²) in [4.78, 5) is 3.22. The van der Waals surface area contributed by atoms with E-state index < -0.39 is 0 Å². The summed E-state index contributed by atoms with van der Waals surface area (Å²) in [5.41, 5.74) is 3.68. The van der Waals surface area contributed by atoms with Crippen LogP contribution in [-0.2, 0) is 11.2 Å².